The van der Waals surface area contributed by atoms with Crippen LogP contribution >= 0.6 is 11.3 Å². The second-order valence-electron chi connectivity index (χ2n) is 4.88. The summed E-state index contributed by atoms with van der Waals surface area (Å²) in [6.45, 7) is 4.08. The SMILES string of the molecule is CC(NCc1ccc(C#N)s1)c1ccc2c(c1)OCCO2. The van der Waals surface area contributed by atoms with E-state index in [2.05, 4.69) is 24.4 Å². The average Bonchev–Trinajstić information content (AvgIpc) is 3.00. The second-order valence-corrected chi connectivity index (χ2v) is 6.05. The molecule has 0 aliphatic carbocycles. The van der Waals surface area contributed by atoms with E-state index in [0.717, 1.165) is 33.4 Å². The monoisotopic (exact) mass is 300 g/mol. The van der Waals surface area contributed by atoms with Crippen molar-refractivity contribution >= 4 is 11.3 Å². The molecule has 3 rings (SSSR count). The Hall–Kier alpha value is -2.03. The summed E-state index contributed by atoms with van der Waals surface area (Å²) in [6.07, 6.45) is 0. The molecule has 0 saturated heterocycles. The molecule has 0 bridgehead atoms. The molecule has 0 radical (unpaired) electrons. The molecular weight excluding hydrogens is 284 g/mol. The van der Waals surface area contributed by atoms with Gasteiger partial charge in [-0.15, -0.1) is 11.3 Å². The van der Waals surface area contributed by atoms with Crippen LogP contribution in [-0.2, 0) is 6.54 Å². The van der Waals surface area contributed by atoms with Gasteiger partial charge in [-0.05, 0) is 36.8 Å². The molecule has 1 aliphatic rings. The number of hydrogen-bond acceptors (Lipinski definition) is 5. The highest BCUT2D eigenvalue weighted by Gasteiger charge is 2.14. The Morgan fingerprint density at radius 1 is 1.24 bits per heavy atom. The Bertz CT molecular complexity index is 675. The summed E-state index contributed by atoms with van der Waals surface area (Å²) in [5.41, 5.74) is 1.16. The molecule has 21 heavy (non-hydrogen) atoms. The first-order chi connectivity index (χ1) is 10.3. The van der Waals surface area contributed by atoms with Crippen LogP contribution in [0.2, 0.25) is 0 Å². The number of nitrogens with one attached hydrogen (secondary N) is 1. The molecule has 0 saturated carbocycles. The van der Waals surface area contributed by atoms with E-state index < -0.39 is 0 Å². The third kappa shape index (κ3) is 3.18. The summed E-state index contributed by atoms with van der Waals surface area (Å²) < 4.78 is 11.1. The zero-order valence-electron chi connectivity index (χ0n) is 11.8. The van der Waals surface area contributed by atoms with E-state index >= 15 is 0 Å². The van der Waals surface area contributed by atoms with Gasteiger partial charge in [0.05, 0.1) is 0 Å². The van der Waals surface area contributed by atoms with E-state index in [1.807, 2.05) is 24.3 Å². The van der Waals surface area contributed by atoms with Crippen molar-refractivity contribution in [3.63, 3.8) is 0 Å². The van der Waals surface area contributed by atoms with Crippen LogP contribution in [0.3, 0.4) is 0 Å². The van der Waals surface area contributed by atoms with Crippen LogP contribution in [0.4, 0.5) is 0 Å². The lowest BCUT2D eigenvalue weighted by molar-refractivity contribution is 0.171. The summed E-state index contributed by atoms with van der Waals surface area (Å²) >= 11 is 1.52. The second kappa shape index (κ2) is 6.17. The summed E-state index contributed by atoms with van der Waals surface area (Å²) in [5, 5.41) is 12.3. The van der Waals surface area contributed by atoms with E-state index in [0.29, 0.717) is 13.2 Å². The minimum Gasteiger partial charge on any atom is -0.486 e. The number of nitrogens with zero attached hydrogens (tertiary/aromatic N) is 1. The quantitative estimate of drug-likeness (QED) is 0.942. The van der Waals surface area contributed by atoms with Gasteiger partial charge in [0, 0.05) is 17.5 Å². The molecule has 108 valence electrons. The molecule has 1 N–H and O–H groups in total. The van der Waals surface area contributed by atoms with Crippen molar-refractivity contribution in [2.45, 2.75) is 19.5 Å². The summed E-state index contributed by atoms with van der Waals surface area (Å²) in [7, 11) is 0. The summed E-state index contributed by atoms with van der Waals surface area (Å²) in [5.74, 6) is 1.63. The molecule has 4 nitrogen and oxygen atoms in total. The predicted molar refractivity (Wildman–Crippen MR) is 81.7 cm³/mol. The van der Waals surface area contributed by atoms with Gasteiger partial charge in [0.1, 0.15) is 24.2 Å². The molecule has 1 unspecified atom stereocenters. The minimum atomic E-state index is 0.202. The van der Waals surface area contributed by atoms with Gasteiger partial charge in [-0.3, -0.25) is 0 Å². The van der Waals surface area contributed by atoms with Gasteiger partial charge in [-0.1, -0.05) is 6.07 Å². The Morgan fingerprint density at radius 3 is 2.81 bits per heavy atom. The maximum Gasteiger partial charge on any atom is 0.161 e. The summed E-state index contributed by atoms with van der Waals surface area (Å²) in [4.78, 5) is 1.91. The largest absolute Gasteiger partial charge is 0.486 e. The lowest BCUT2D eigenvalue weighted by Crippen LogP contribution is -2.19. The van der Waals surface area contributed by atoms with E-state index in [-0.39, 0.29) is 6.04 Å². The number of nitriles is 1. The van der Waals surface area contributed by atoms with Crippen molar-refractivity contribution in [1.29, 1.82) is 5.26 Å². The van der Waals surface area contributed by atoms with E-state index in [1.165, 1.54) is 11.3 Å². The highest BCUT2D eigenvalue weighted by molar-refractivity contribution is 7.12. The molecule has 1 aromatic carbocycles. The molecular formula is C16H16N2O2S. The van der Waals surface area contributed by atoms with Crippen LogP contribution in [0.5, 0.6) is 11.5 Å². The molecule has 1 aliphatic heterocycles. The highest BCUT2D eigenvalue weighted by atomic mass is 32.1. The molecule has 0 fully saturated rings. The average molecular weight is 300 g/mol. The van der Waals surface area contributed by atoms with Gasteiger partial charge in [0.2, 0.25) is 0 Å². The smallest absolute Gasteiger partial charge is 0.161 e. The van der Waals surface area contributed by atoms with Gasteiger partial charge in [0.25, 0.3) is 0 Å². The van der Waals surface area contributed by atoms with Crippen LogP contribution in [0, 0.1) is 11.3 Å². The molecule has 1 atom stereocenters. The van der Waals surface area contributed by atoms with E-state index in [4.69, 9.17) is 14.7 Å². The molecule has 2 aromatic rings. The fraction of sp³-hybridized carbons (Fsp3) is 0.312. The van der Waals surface area contributed by atoms with Gasteiger partial charge >= 0.3 is 0 Å². The first-order valence-electron chi connectivity index (χ1n) is 6.88. The molecule has 2 heterocycles. The van der Waals surface area contributed by atoms with Gasteiger partial charge in [-0.25, -0.2) is 0 Å². The number of ether oxygens (including phenoxy) is 2. The number of fused-ring (bicyclic) bond motifs is 1. The fourth-order valence-corrected chi connectivity index (χ4v) is 2.99. The van der Waals surface area contributed by atoms with Crippen molar-refractivity contribution in [3.8, 4) is 17.6 Å². The number of benzene rings is 1. The van der Waals surface area contributed by atoms with E-state index in [1.54, 1.807) is 0 Å². The maximum atomic E-state index is 8.83. The van der Waals surface area contributed by atoms with Crippen molar-refractivity contribution < 1.29 is 9.47 Å². The first kappa shape index (κ1) is 13.9. The van der Waals surface area contributed by atoms with Crippen molar-refractivity contribution in [3.05, 3.63) is 45.6 Å². The lowest BCUT2D eigenvalue weighted by atomic mass is 10.1. The zero-order valence-corrected chi connectivity index (χ0v) is 12.6. The van der Waals surface area contributed by atoms with Crippen LogP contribution < -0.4 is 14.8 Å². The first-order valence-corrected chi connectivity index (χ1v) is 7.69. The van der Waals surface area contributed by atoms with Crippen LogP contribution in [0.15, 0.2) is 30.3 Å². The predicted octanol–water partition coefficient (Wildman–Crippen LogP) is 3.24. The molecule has 5 heteroatoms. The zero-order chi connectivity index (χ0) is 14.7. The highest BCUT2D eigenvalue weighted by Crippen LogP contribution is 2.32. The van der Waals surface area contributed by atoms with Gasteiger partial charge in [0.15, 0.2) is 11.5 Å². The molecule has 0 amide bonds. The molecule has 0 spiro atoms. The Kier molecular flexibility index (Phi) is 4.09. The third-order valence-corrected chi connectivity index (χ3v) is 4.41. The number of hydrogen-bond donors (Lipinski definition) is 1. The van der Waals surface area contributed by atoms with Crippen molar-refractivity contribution in [1.82, 2.24) is 5.32 Å². The third-order valence-electron chi connectivity index (χ3n) is 3.42. The Balaban J connectivity index is 1.65. The van der Waals surface area contributed by atoms with Crippen molar-refractivity contribution in [2.24, 2.45) is 0 Å². The van der Waals surface area contributed by atoms with Crippen molar-refractivity contribution in [2.75, 3.05) is 13.2 Å². The van der Waals surface area contributed by atoms with Crippen LogP contribution in [-0.4, -0.2) is 13.2 Å². The van der Waals surface area contributed by atoms with Crippen LogP contribution in [0.25, 0.3) is 0 Å². The standard InChI is InChI=1S/C16H16N2O2S/c1-11(18-10-14-4-3-13(9-17)21-14)12-2-5-15-16(8-12)20-7-6-19-15/h2-5,8,11,18H,6-7,10H2,1H3. The number of rotatable bonds is 4. The Morgan fingerprint density at radius 2 is 2.05 bits per heavy atom. The topological polar surface area (TPSA) is 54.3 Å². The summed E-state index contributed by atoms with van der Waals surface area (Å²) in [6, 6.07) is 12.3. The number of thiophene rings is 1. The van der Waals surface area contributed by atoms with E-state index in [9.17, 15) is 0 Å². The Labute approximate surface area is 127 Å². The van der Waals surface area contributed by atoms with Gasteiger partial charge < -0.3 is 14.8 Å². The fourth-order valence-electron chi connectivity index (χ4n) is 2.23. The molecule has 1 aromatic heterocycles. The lowest BCUT2D eigenvalue weighted by Gasteiger charge is -2.21. The maximum absolute atomic E-state index is 8.83. The van der Waals surface area contributed by atoms with Crippen LogP contribution in [0.1, 0.15) is 28.3 Å². The van der Waals surface area contributed by atoms with Gasteiger partial charge in [-0.2, -0.15) is 5.26 Å². The normalized spacial score (nSPS) is 14.5. The minimum absolute atomic E-state index is 0.202.